The summed E-state index contributed by atoms with van der Waals surface area (Å²) in [5.74, 6) is 0. The summed E-state index contributed by atoms with van der Waals surface area (Å²) >= 11 is 8.46. The molecule has 0 spiro atoms. The first kappa shape index (κ1) is 14.0. The maximum absolute atomic E-state index is 10.6. The van der Waals surface area contributed by atoms with Crippen molar-refractivity contribution in [3.8, 4) is 5.69 Å². The maximum atomic E-state index is 10.6. The quantitative estimate of drug-likeness (QED) is 0.684. The van der Waals surface area contributed by atoms with Crippen LogP contribution in [0.5, 0.6) is 0 Å². The van der Waals surface area contributed by atoms with E-state index in [-0.39, 0.29) is 0 Å². The standard InChI is InChI=1S/C14H10Br2N2OS/c15-12-8-10(14(16)20-12)13(19)11-6-7-17-18(11)9-4-2-1-3-5-9/h1-8,13,19H. The van der Waals surface area contributed by atoms with Gasteiger partial charge in [-0.2, -0.15) is 5.10 Å². The zero-order chi connectivity index (χ0) is 14.1. The average molecular weight is 414 g/mol. The third kappa shape index (κ3) is 2.61. The molecular weight excluding hydrogens is 404 g/mol. The Bertz CT molecular complexity index is 724. The summed E-state index contributed by atoms with van der Waals surface area (Å²) in [6.45, 7) is 0. The Morgan fingerprint density at radius 2 is 1.90 bits per heavy atom. The van der Waals surface area contributed by atoms with Crippen molar-refractivity contribution in [2.75, 3.05) is 0 Å². The maximum Gasteiger partial charge on any atom is 0.123 e. The van der Waals surface area contributed by atoms with Crippen LogP contribution in [0.1, 0.15) is 17.4 Å². The van der Waals surface area contributed by atoms with Crippen molar-refractivity contribution >= 4 is 43.2 Å². The molecule has 0 aliphatic carbocycles. The lowest BCUT2D eigenvalue weighted by atomic mass is 10.1. The lowest BCUT2D eigenvalue weighted by Gasteiger charge is -2.13. The first-order chi connectivity index (χ1) is 9.66. The average Bonchev–Trinajstić information content (AvgIpc) is 3.05. The predicted molar refractivity (Wildman–Crippen MR) is 87.3 cm³/mol. The molecule has 0 aliphatic heterocycles. The molecule has 6 heteroatoms. The van der Waals surface area contributed by atoms with Crippen LogP contribution in [0.15, 0.2) is 56.2 Å². The van der Waals surface area contributed by atoms with E-state index in [4.69, 9.17) is 0 Å². The van der Waals surface area contributed by atoms with Crippen LogP contribution in [0.3, 0.4) is 0 Å². The second-order valence-corrected chi connectivity index (χ2v) is 7.93. The summed E-state index contributed by atoms with van der Waals surface area (Å²) in [7, 11) is 0. The minimum Gasteiger partial charge on any atom is -0.382 e. The number of aliphatic hydroxyl groups excluding tert-OH is 1. The molecule has 3 nitrogen and oxygen atoms in total. The molecule has 0 amide bonds. The van der Waals surface area contributed by atoms with E-state index in [0.717, 1.165) is 24.5 Å². The first-order valence-corrected chi connectivity index (χ1v) is 8.29. The molecule has 1 N–H and O–H groups in total. The molecule has 1 atom stereocenters. The van der Waals surface area contributed by atoms with E-state index in [0.29, 0.717) is 0 Å². The summed E-state index contributed by atoms with van der Waals surface area (Å²) in [5.41, 5.74) is 2.50. The Balaban J connectivity index is 2.04. The molecule has 2 heterocycles. The van der Waals surface area contributed by atoms with Crippen molar-refractivity contribution in [2.45, 2.75) is 6.10 Å². The van der Waals surface area contributed by atoms with Gasteiger partial charge >= 0.3 is 0 Å². The summed E-state index contributed by atoms with van der Waals surface area (Å²) < 4.78 is 3.64. The highest BCUT2D eigenvalue weighted by molar-refractivity contribution is 9.12. The molecule has 0 saturated heterocycles. The van der Waals surface area contributed by atoms with E-state index in [9.17, 15) is 5.11 Å². The number of benzene rings is 1. The summed E-state index contributed by atoms with van der Waals surface area (Å²) in [6.07, 6.45) is 0.968. The molecular formula is C14H10Br2N2OS. The van der Waals surface area contributed by atoms with Gasteiger partial charge in [0, 0.05) is 11.8 Å². The van der Waals surface area contributed by atoms with Crippen molar-refractivity contribution in [3.05, 3.63) is 67.5 Å². The highest BCUT2D eigenvalue weighted by Crippen LogP contribution is 2.38. The van der Waals surface area contributed by atoms with Crippen molar-refractivity contribution in [1.82, 2.24) is 9.78 Å². The van der Waals surface area contributed by atoms with Crippen LogP contribution in [-0.4, -0.2) is 14.9 Å². The van der Waals surface area contributed by atoms with Gasteiger partial charge in [-0.05, 0) is 56.1 Å². The SMILES string of the molecule is OC(c1cc(Br)sc1Br)c1ccnn1-c1ccccc1. The van der Waals surface area contributed by atoms with Crippen molar-refractivity contribution in [1.29, 1.82) is 0 Å². The number of rotatable bonds is 3. The Labute approximate surface area is 137 Å². The van der Waals surface area contributed by atoms with E-state index in [1.54, 1.807) is 22.2 Å². The molecule has 0 fully saturated rings. The Morgan fingerprint density at radius 1 is 1.15 bits per heavy atom. The van der Waals surface area contributed by atoms with E-state index in [1.807, 2.05) is 42.5 Å². The number of hydrogen-bond donors (Lipinski definition) is 1. The molecule has 1 aromatic carbocycles. The Hall–Kier alpha value is -0.950. The zero-order valence-corrected chi connectivity index (χ0v) is 14.2. The monoisotopic (exact) mass is 412 g/mol. The van der Waals surface area contributed by atoms with Crippen LogP contribution in [0.25, 0.3) is 5.69 Å². The number of nitrogens with zero attached hydrogens (tertiary/aromatic N) is 2. The van der Waals surface area contributed by atoms with Gasteiger partial charge in [0.05, 0.1) is 19.0 Å². The van der Waals surface area contributed by atoms with Gasteiger partial charge in [0.15, 0.2) is 0 Å². The second kappa shape index (κ2) is 5.81. The Kier molecular flexibility index (Phi) is 4.07. The number of halogens is 2. The fourth-order valence-electron chi connectivity index (χ4n) is 2.00. The second-order valence-electron chi connectivity index (χ2n) is 4.19. The fraction of sp³-hybridized carbons (Fsp3) is 0.0714. The van der Waals surface area contributed by atoms with Crippen molar-refractivity contribution in [3.63, 3.8) is 0 Å². The molecule has 102 valence electrons. The lowest BCUT2D eigenvalue weighted by Crippen LogP contribution is -2.08. The van der Waals surface area contributed by atoms with Gasteiger partial charge in [0.2, 0.25) is 0 Å². The lowest BCUT2D eigenvalue weighted by molar-refractivity contribution is 0.212. The van der Waals surface area contributed by atoms with Crippen LogP contribution in [-0.2, 0) is 0 Å². The van der Waals surface area contributed by atoms with Crippen LogP contribution in [0, 0.1) is 0 Å². The Morgan fingerprint density at radius 3 is 2.55 bits per heavy atom. The largest absolute Gasteiger partial charge is 0.382 e. The van der Waals surface area contributed by atoms with Crippen LogP contribution < -0.4 is 0 Å². The van der Waals surface area contributed by atoms with Gasteiger partial charge in [-0.1, -0.05) is 18.2 Å². The molecule has 0 bridgehead atoms. The van der Waals surface area contributed by atoms with Crippen molar-refractivity contribution in [2.24, 2.45) is 0 Å². The predicted octanol–water partition coefficient (Wildman–Crippen LogP) is 4.54. The number of aliphatic hydroxyl groups is 1. The van der Waals surface area contributed by atoms with E-state index < -0.39 is 6.10 Å². The zero-order valence-electron chi connectivity index (χ0n) is 10.2. The van der Waals surface area contributed by atoms with Gasteiger partial charge in [0.25, 0.3) is 0 Å². The van der Waals surface area contributed by atoms with Crippen LogP contribution in [0.2, 0.25) is 0 Å². The van der Waals surface area contributed by atoms with Gasteiger partial charge < -0.3 is 5.11 Å². The minimum absolute atomic E-state index is 0.727. The summed E-state index contributed by atoms with van der Waals surface area (Å²) in [5, 5.41) is 14.9. The highest BCUT2D eigenvalue weighted by Gasteiger charge is 2.20. The molecule has 3 rings (SSSR count). The number of hydrogen-bond acceptors (Lipinski definition) is 3. The third-order valence-electron chi connectivity index (χ3n) is 2.93. The van der Waals surface area contributed by atoms with Gasteiger partial charge in [-0.15, -0.1) is 11.3 Å². The summed E-state index contributed by atoms with van der Waals surface area (Å²) in [6, 6.07) is 13.5. The molecule has 0 radical (unpaired) electrons. The van der Waals surface area contributed by atoms with Gasteiger partial charge in [-0.25, -0.2) is 4.68 Å². The molecule has 1 unspecified atom stereocenters. The van der Waals surface area contributed by atoms with Crippen LogP contribution in [0.4, 0.5) is 0 Å². The molecule has 0 saturated carbocycles. The molecule has 20 heavy (non-hydrogen) atoms. The van der Waals surface area contributed by atoms with Gasteiger partial charge in [-0.3, -0.25) is 0 Å². The number of aromatic nitrogens is 2. The number of thiophene rings is 1. The van der Waals surface area contributed by atoms with E-state index in [1.165, 1.54) is 0 Å². The first-order valence-electron chi connectivity index (χ1n) is 5.89. The van der Waals surface area contributed by atoms with E-state index >= 15 is 0 Å². The van der Waals surface area contributed by atoms with Gasteiger partial charge in [0.1, 0.15) is 6.10 Å². The van der Waals surface area contributed by atoms with Crippen LogP contribution >= 0.6 is 43.2 Å². The fourth-order valence-corrected chi connectivity index (χ4v) is 4.89. The molecule has 2 aromatic heterocycles. The highest BCUT2D eigenvalue weighted by atomic mass is 79.9. The third-order valence-corrected chi connectivity index (χ3v) is 5.32. The topological polar surface area (TPSA) is 38.1 Å². The van der Waals surface area contributed by atoms with Crippen molar-refractivity contribution < 1.29 is 5.11 Å². The summed E-state index contributed by atoms with van der Waals surface area (Å²) in [4.78, 5) is 0. The normalized spacial score (nSPS) is 12.6. The smallest absolute Gasteiger partial charge is 0.123 e. The minimum atomic E-state index is -0.727. The number of para-hydroxylation sites is 1. The van der Waals surface area contributed by atoms with E-state index in [2.05, 4.69) is 37.0 Å². The molecule has 0 aliphatic rings. The molecule has 3 aromatic rings.